The average Bonchev–Trinajstić information content (AvgIpc) is 2.56. The van der Waals surface area contributed by atoms with Crippen LogP contribution >= 0.6 is 11.6 Å². The van der Waals surface area contributed by atoms with Gasteiger partial charge in [0.15, 0.2) is 0 Å². The molecule has 0 atom stereocenters. The molecule has 0 aromatic carbocycles. The number of Topliss-reactive ketones (excluding diaryl/α,β-unsaturated/α-hetero) is 1. The summed E-state index contributed by atoms with van der Waals surface area (Å²) in [6.45, 7) is 7.41. The first-order valence-electron chi connectivity index (χ1n) is 9.95. The van der Waals surface area contributed by atoms with Crippen LogP contribution in [0.5, 0.6) is 0 Å². The molecule has 1 fully saturated rings. The van der Waals surface area contributed by atoms with Crippen LogP contribution in [0.25, 0.3) is 0 Å². The molecule has 6 nitrogen and oxygen atoms in total. The summed E-state index contributed by atoms with van der Waals surface area (Å²) in [6.07, 6.45) is 5.96. The highest BCUT2D eigenvalue weighted by molar-refractivity contribution is 6.30. The second kappa shape index (κ2) is 10.8. The Labute approximate surface area is 172 Å². The number of carbonyl (C=O) groups is 2. The molecule has 0 N–H and O–H groups in total. The summed E-state index contributed by atoms with van der Waals surface area (Å²) >= 11 is 6.00. The molecule has 1 amide bonds. The first-order chi connectivity index (χ1) is 13.2. The third kappa shape index (κ3) is 8.15. The van der Waals surface area contributed by atoms with Crippen molar-refractivity contribution in [1.29, 1.82) is 0 Å². The Bertz CT molecular complexity index is 654. The van der Waals surface area contributed by atoms with E-state index in [1.165, 1.54) is 0 Å². The van der Waals surface area contributed by atoms with E-state index in [2.05, 4.69) is 4.98 Å². The van der Waals surface area contributed by atoms with Crippen molar-refractivity contribution in [2.45, 2.75) is 71.0 Å². The number of rotatable bonds is 10. The van der Waals surface area contributed by atoms with Crippen LogP contribution in [0.3, 0.4) is 0 Å². The molecule has 0 saturated carbocycles. The Morgan fingerprint density at radius 1 is 1.21 bits per heavy atom. The summed E-state index contributed by atoms with van der Waals surface area (Å²) < 4.78 is 11.1. The van der Waals surface area contributed by atoms with Crippen LogP contribution in [0.4, 0.5) is 4.79 Å². The van der Waals surface area contributed by atoms with Crippen molar-refractivity contribution in [2.75, 3.05) is 19.7 Å². The molecule has 0 bridgehead atoms. The van der Waals surface area contributed by atoms with E-state index >= 15 is 0 Å². The number of amides is 1. The van der Waals surface area contributed by atoms with E-state index < -0.39 is 5.60 Å². The predicted molar refractivity (Wildman–Crippen MR) is 109 cm³/mol. The van der Waals surface area contributed by atoms with E-state index in [0.29, 0.717) is 44.1 Å². The van der Waals surface area contributed by atoms with Crippen LogP contribution in [0, 0.1) is 0 Å². The van der Waals surface area contributed by atoms with Crippen molar-refractivity contribution in [3.63, 3.8) is 0 Å². The summed E-state index contributed by atoms with van der Waals surface area (Å²) in [5, 5.41) is 0.480. The van der Waals surface area contributed by atoms with E-state index in [-0.39, 0.29) is 18.0 Å². The SMILES string of the molecule is CC(C)(C)OC(=O)N1CC(OCCCCCC(=O)CCc2cccnc2Cl)C1. The minimum absolute atomic E-state index is 0.0957. The van der Waals surface area contributed by atoms with Crippen LogP contribution in [0.2, 0.25) is 5.15 Å². The minimum Gasteiger partial charge on any atom is -0.444 e. The molecule has 7 heteroatoms. The highest BCUT2D eigenvalue weighted by Gasteiger charge is 2.34. The number of aryl methyl sites for hydroxylation is 1. The number of hydrogen-bond acceptors (Lipinski definition) is 5. The van der Waals surface area contributed by atoms with Gasteiger partial charge in [-0.1, -0.05) is 24.1 Å². The zero-order valence-corrected chi connectivity index (χ0v) is 17.8. The molecule has 156 valence electrons. The van der Waals surface area contributed by atoms with Gasteiger partial charge in [0.05, 0.1) is 19.2 Å². The fourth-order valence-electron chi connectivity index (χ4n) is 2.88. The number of aromatic nitrogens is 1. The van der Waals surface area contributed by atoms with E-state index in [9.17, 15) is 9.59 Å². The molecule has 0 unspecified atom stereocenters. The Balaban J connectivity index is 1.46. The standard InChI is InChI=1S/C21H31ClN2O4/c1-21(2,3)28-20(26)24-14-18(15-24)27-13-6-4-5-9-17(25)11-10-16-8-7-12-23-19(16)22/h7-8,12,18H,4-6,9-11,13-15H2,1-3H3. The quantitative estimate of drug-likeness (QED) is 0.421. The Hall–Kier alpha value is -1.66. The summed E-state index contributed by atoms with van der Waals surface area (Å²) in [4.78, 5) is 29.5. The number of halogens is 1. The van der Waals surface area contributed by atoms with Gasteiger partial charge < -0.3 is 14.4 Å². The van der Waals surface area contributed by atoms with Crippen LogP contribution in [-0.4, -0.2) is 53.2 Å². The number of carbonyl (C=O) groups excluding carboxylic acids is 2. The van der Waals surface area contributed by atoms with Crippen LogP contribution in [0.15, 0.2) is 18.3 Å². The van der Waals surface area contributed by atoms with Crippen molar-refractivity contribution in [3.05, 3.63) is 29.0 Å². The molecule has 0 spiro atoms. The Morgan fingerprint density at radius 3 is 2.64 bits per heavy atom. The first kappa shape index (κ1) is 22.6. The number of ether oxygens (including phenoxy) is 2. The van der Waals surface area contributed by atoms with E-state index in [4.69, 9.17) is 21.1 Å². The van der Waals surface area contributed by atoms with Gasteiger partial charge >= 0.3 is 6.09 Å². The van der Waals surface area contributed by atoms with Gasteiger partial charge in [-0.3, -0.25) is 4.79 Å². The van der Waals surface area contributed by atoms with Gasteiger partial charge in [0.25, 0.3) is 0 Å². The third-order valence-corrected chi connectivity index (χ3v) is 4.80. The number of hydrogen-bond donors (Lipinski definition) is 0. The normalized spacial score (nSPS) is 14.6. The molecule has 2 rings (SSSR count). The molecule has 28 heavy (non-hydrogen) atoms. The largest absolute Gasteiger partial charge is 0.444 e. The highest BCUT2D eigenvalue weighted by atomic mass is 35.5. The molecule has 0 radical (unpaired) electrons. The molecule has 1 aliphatic heterocycles. The molecule has 0 aliphatic carbocycles. The third-order valence-electron chi connectivity index (χ3n) is 4.46. The molecule has 1 saturated heterocycles. The lowest BCUT2D eigenvalue weighted by molar-refractivity contribution is -0.119. The average molecular weight is 411 g/mol. The van der Waals surface area contributed by atoms with Gasteiger partial charge in [0, 0.05) is 25.6 Å². The lowest BCUT2D eigenvalue weighted by atomic mass is 10.0. The van der Waals surface area contributed by atoms with Crippen molar-refractivity contribution in [3.8, 4) is 0 Å². The van der Waals surface area contributed by atoms with E-state index in [1.807, 2.05) is 32.9 Å². The first-order valence-corrected chi connectivity index (χ1v) is 10.3. The minimum atomic E-state index is -0.468. The predicted octanol–water partition coefficient (Wildman–Crippen LogP) is 4.43. The van der Waals surface area contributed by atoms with Crippen LogP contribution < -0.4 is 0 Å². The molecule has 2 heterocycles. The molecule has 1 aromatic rings. The maximum atomic E-state index is 12.0. The maximum Gasteiger partial charge on any atom is 0.410 e. The van der Waals surface area contributed by atoms with Crippen molar-refractivity contribution >= 4 is 23.5 Å². The number of pyridine rings is 1. The van der Waals surface area contributed by atoms with Crippen molar-refractivity contribution in [2.24, 2.45) is 0 Å². The number of ketones is 1. The van der Waals surface area contributed by atoms with Crippen LogP contribution in [0.1, 0.15) is 58.4 Å². The molecule has 1 aliphatic rings. The fraction of sp³-hybridized carbons (Fsp3) is 0.667. The lowest BCUT2D eigenvalue weighted by Crippen LogP contribution is -2.55. The molecule has 1 aromatic heterocycles. The van der Waals surface area contributed by atoms with Gasteiger partial charge in [-0.05, 0) is 51.7 Å². The second-order valence-electron chi connectivity index (χ2n) is 8.18. The maximum absolute atomic E-state index is 12.0. The highest BCUT2D eigenvalue weighted by Crippen LogP contribution is 2.18. The zero-order valence-electron chi connectivity index (χ0n) is 17.1. The van der Waals surface area contributed by atoms with Crippen molar-refractivity contribution < 1.29 is 19.1 Å². The summed E-state index contributed by atoms with van der Waals surface area (Å²) in [7, 11) is 0. The summed E-state index contributed by atoms with van der Waals surface area (Å²) in [5.74, 6) is 0.257. The van der Waals surface area contributed by atoms with Crippen LogP contribution in [-0.2, 0) is 20.7 Å². The summed E-state index contributed by atoms with van der Waals surface area (Å²) in [5.41, 5.74) is 0.455. The smallest absolute Gasteiger partial charge is 0.410 e. The second-order valence-corrected chi connectivity index (χ2v) is 8.54. The molecular formula is C21H31ClN2O4. The van der Waals surface area contributed by atoms with Gasteiger partial charge in [0.2, 0.25) is 0 Å². The topological polar surface area (TPSA) is 68.7 Å². The van der Waals surface area contributed by atoms with E-state index in [1.54, 1.807) is 11.1 Å². The number of likely N-dealkylation sites (tertiary alicyclic amines) is 1. The number of unbranched alkanes of at least 4 members (excludes halogenated alkanes) is 2. The summed E-state index contributed by atoms with van der Waals surface area (Å²) in [6, 6.07) is 3.74. The van der Waals surface area contributed by atoms with Gasteiger partial charge in [0.1, 0.15) is 16.5 Å². The number of nitrogens with zero attached hydrogens (tertiary/aromatic N) is 2. The van der Waals surface area contributed by atoms with Gasteiger partial charge in [-0.15, -0.1) is 0 Å². The zero-order chi connectivity index (χ0) is 20.6. The Kier molecular flexibility index (Phi) is 8.70. The van der Waals surface area contributed by atoms with Gasteiger partial charge in [-0.2, -0.15) is 0 Å². The Morgan fingerprint density at radius 2 is 1.96 bits per heavy atom. The molecular weight excluding hydrogens is 380 g/mol. The fourth-order valence-corrected chi connectivity index (χ4v) is 3.09. The lowest BCUT2D eigenvalue weighted by Gasteiger charge is -2.39. The van der Waals surface area contributed by atoms with E-state index in [0.717, 1.165) is 24.8 Å². The van der Waals surface area contributed by atoms with Gasteiger partial charge in [-0.25, -0.2) is 9.78 Å². The monoisotopic (exact) mass is 410 g/mol. The van der Waals surface area contributed by atoms with Crippen molar-refractivity contribution in [1.82, 2.24) is 9.88 Å².